The largest absolute Gasteiger partial charge is 0.416 e. The van der Waals surface area contributed by atoms with Gasteiger partial charge in [-0.15, -0.1) is 0 Å². The lowest BCUT2D eigenvalue weighted by molar-refractivity contribution is -0.137. The van der Waals surface area contributed by atoms with E-state index < -0.39 is 17.7 Å². The normalized spacial score (nSPS) is 21.5. The van der Waals surface area contributed by atoms with Crippen LogP contribution in [0.4, 0.5) is 13.2 Å². The Morgan fingerprint density at radius 1 is 0.808 bits per heavy atom. The van der Waals surface area contributed by atoms with Crippen molar-refractivity contribution in [3.8, 4) is 0 Å². The fourth-order valence-electron chi connectivity index (χ4n) is 4.18. The van der Waals surface area contributed by atoms with E-state index in [4.69, 9.17) is 0 Å². The molecule has 26 heavy (non-hydrogen) atoms. The van der Waals surface area contributed by atoms with Gasteiger partial charge in [0.25, 0.3) is 0 Å². The molecular formula is C20H18F3NO2. The lowest BCUT2D eigenvalue weighted by Crippen LogP contribution is -2.36. The van der Waals surface area contributed by atoms with Gasteiger partial charge in [0.05, 0.1) is 5.56 Å². The van der Waals surface area contributed by atoms with E-state index in [-0.39, 0.29) is 11.6 Å². The van der Waals surface area contributed by atoms with Crippen molar-refractivity contribution < 1.29 is 22.8 Å². The number of carbonyl (C=O) groups is 2. The van der Waals surface area contributed by atoms with Gasteiger partial charge >= 0.3 is 6.18 Å². The number of hydrogen-bond donors (Lipinski definition) is 1. The van der Waals surface area contributed by atoms with Gasteiger partial charge in [-0.25, -0.2) is 0 Å². The molecule has 1 aromatic carbocycles. The van der Waals surface area contributed by atoms with E-state index in [1.165, 1.54) is 12.1 Å². The van der Waals surface area contributed by atoms with Crippen LogP contribution in [0.3, 0.4) is 0 Å². The Morgan fingerprint density at radius 2 is 1.31 bits per heavy atom. The average Bonchev–Trinajstić information content (AvgIpc) is 2.60. The molecule has 0 fully saturated rings. The molecule has 0 saturated heterocycles. The first-order valence-corrected chi connectivity index (χ1v) is 8.83. The van der Waals surface area contributed by atoms with Gasteiger partial charge < -0.3 is 5.32 Å². The molecule has 3 nitrogen and oxygen atoms in total. The molecular weight excluding hydrogens is 343 g/mol. The van der Waals surface area contributed by atoms with Crippen LogP contribution in [0.2, 0.25) is 0 Å². The predicted molar refractivity (Wildman–Crippen MR) is 89.1 cm³/mol. The van der Waals surface area contributed by atoms with Crippen molar-refractivity contribution in [2.75, 3.05) is 0 Å². The quantitative estimate of drug-likeness (QED) is 0.806. The number of hydrogen-bond acceptors (Lipinski definition) is 3. The Bertz CT molecular complexity index is 805. The van der Waals surface area contributed by atoms with Gasteiger partial charge in [0.2, 0.25) is 0 Å². The molecule has 3 aliphatic rings. The maximum atomic E-state index is 12.9. The minimum Gasteiger partial charge on any atom is -0.362 e. The Kier molecular flexibility index (Phi) is 4.01. The second kappa shape index (κ2) is 6.11. The molecule has 2 aliphatic carbocycles. The van der Waals surface area contributed by atoms with Crippen LogP contribution >= 0.6 is 0 Å². The molecule has 1 aromatic rings. The second-order valence-electron chi connectivity index (χ2n) is 7.02. The monoisotopic (exact) mass is 361 g/mol. The van der Waals surface area contributed by atoms with Crippen molar-refractivity contribution in [1.29, 1.82) is 0 Å². The third-order valence-electron chi connectivity index (χ3n) is 5.36. The standard InChI is InChI=1S/C20H18F3NO2/c21-20(22,23)12-9-7-11(8-10-12)17-18-13(3-1-5-15(18)25)24-14-4-2-6-16(26)19(14)17/h7-10,17,24H,1-6H2. The highest BCUT2D eigenvalue weighted by Gasteiger charge is 2.40. The molecule has 1 aliphatic heterocycles. The van der Waals surface area contributed by atoms with Crippen molar-refractivity contribution in [2.24, 2.45) is 0 Å². The van der Waals surface area contributed by atoms with E-state index >= 15 is 0 Å². The third kappa shape index (κ3) is 2.77. The van der Waals surface area contributed by atoms with Gasteiger partial charge in [0, 0.05) is 41.3 Å². The van der Waals surface area contributed by atoms with E-state index in [1.807, 2.05) is 0 Å². The summed E-state index contributed by atoms with van der Waals surface area (Å²) in [5.41, 5.74) is 2.63. The molecule has 0 unspecified atom stereocenters. The van der Waals surface area contributed by atoms with E-state index in [1.54, 1.807) is 0 Å². The summed E-state index contributed by atoms with van der Waals surface area (Å²) in [7, 11) is 0. The van der Waals surface area contributed by atoms with Crippen LogP contribution < -0.4 is 5.32 Å². The third-order valence-corrected chi connectivity index (χ3v) is 5.36. The summed E-state index contributed by atoms with van der Waals surface area (Å²) in [5, 5.41) is 3.29. The fraction of sp³-hybridized carbons (Fsp3) is 0.400. The van der Waals surface area contributed by atoms with Gasteiger partial charge in [0.1, 0.15) is 0 Å². The van der Waals surface area contributed by atoms with Gasteiger partial charge in [-0.05, 0) is 43.4 Å². The highest BCUT2D eigenvalue weighted by molar-refractivity contribution is 6.06. The molecule has 4 rings (SSSR count). The lowest BCUT2D eigenvalue weighted by Gasteiger charge is -2.37. The fourth-order valence-corrected chi connectivity index (χ4v) is 4.18. The zero-order chi connectivity index (χ0) is 18.5. The SMILES string of the molecule is O=C1CCCC2=C1C(c1ccc(C(F)(F)F)cc1)C1=C(CCCC1=O)N2. The topological polar surface area (TPSA) is 46.2 Å². The van der Waals surface area contributed by atoms with E-state index in [2.05, 4.69) is 5.32 Å². The molecule has 136 valence electrons. The Hall–Kier alpha value is -2.37. The Labute approximate surface area is 149 Å². The summed E-state index contributed by atoms with van der Waals surface area (Å²) >= 11 is 0. The highest BCUT2D eigenvalue weighted by atomic mass is 19.4. The summed E-state index contributed by atoms with van der Waals surface area (Å²) in [5.74, 6) is -0.591. The minimum absolute atomic E-state index is 0.0198. The highest BCUT2D eigenvalue weighted by Crippen LogP contribution is 2.45. The predicted octanol–water partition coefficient (Wildman–Crippen LogP) is 4.41. The summed E-state index contributed by atoms with van der Waals surface area (Å²) < 4.78 is 38.7. The van der Waals surface area contributed by atoms with Crippen LogP contribution in [0.25, 0.3) is 0 Å². The summed E-state index contributed by atoms with van der Waals surface area (Å²) in [4.78, 5) is 25.2. The zero-order valence-electron chi connectivity index (χ0n) is 14.1. The van der Waals surface area contributed by atoms with E-state index in [0.29, 0.717) is 29.6 Å². The molecule has 6 heteroatoms. The maximum absolute atomic E-state index is 12.9. The maximum Gasteiger partial charge on any atom is 0.416 e. The molecule has 0 aromatic heterocycles. The molecule has 1 heterocycles. The molecule has 1 N–H and O–H groups in total. The van der Waals surface area contributed by atoms with E-state index in [0.717, 1.165) is 49.2 Å². The summed E-state index contributed by atoms with van der Waals surface area (Å²) in [6, 6.07) is 4.85. The number of benzene rings is 1. The van der Waals surface area contributed by atoms with Crippen molar-refractivity contribution in [2.45, 2.75) is 50.6 Å². The minimum atomic E-state index is -4.41. The first-order valence-electron chi connectivity index (χ1n) is 8.83. The number of nitrogens with one attached hydrogen (secondary N) is 1. The summed E-state index contributed by atoms with van der Waals surface area (Å²) in [6.45, 7) is 0. The van der Waals surface area contributed by atoms with Crippen molar-refractivity contribution in [3.63, 3.8) is 0 Å². The number of Topliss-reactive ketones (excluding diaryl/α,β-unsaturated/α-hetero) is 2. The molecule has 0 radical (unpaired) electrons. The lowest BCUT2D eigenvalue weighted by atomic mass is 9.71. The number of alkyl halides is 3. The molecule has 0 amide bonds. The van der Waals surface area contributed by atoms with Crippen LogP contribution in [-0.4, -0.2) is 11.6 Å². The zero-order valence-corrected chi connectivity index (χ0v) is 14.1. The van der Waals surface area contributed by atoms with Gasteiger partial charge in [-0.3, -0.25) is 9.59 Å². The molecule has 0 atom stereocenters. The Morgan fingerprint density at radius 3 is 1.77 bits per heavy atom. The number of rotatable bonds is 1. The van der Waals surface area contributed by atoms with Gasteiger partial charge in [-0.2, -0.15) is 13.2 Å². The van der Waals surface area contributed by atoms with Crippen LogP contribution in [0.5, 0.6) is 0 Å². The van der Waals surface area contributed by atoms with Gasteiger partial charge in [-0.1, -0.05) is 12.1 Å². The van der Waals surface area contributed by atoms with Crippen LogP contribution in [0.15, 0.2) is 46.8 Å². The number of allylic oxidation sites excluding steroid dienone is 4. The van der Waals surface area contributed by atoms with Crippen molar-refractivity contribution >= 4 is 11.6 Å². The Balaban J connectivity index is 1.84. The smallest absolute Gasteiger partial charge is 0.362 e. The van der Waals surface area contributed by atoms with Crippen LogP contribution in [-0.2, 0) is 15.8 Å². The van der Waals surface area contributed by atoms with Crippen LogP contribution in [0, 0.1) is 0 Å². The van der Waals surface area contributed by atoms with E-state index in [9.17, 15) is 22.8 Å². The van der Waals surface area contributed by atoms with Crippen LogP contribution in [0.1, 0.15) is 55.6 Å². The van der Waals surface area contributed by atoms with Crippen molar-refractivity contribution in [3.05, 3.63) is 57.9 Å². The number of carbonyl (C=O) groups excluding carboxylic acids is 2. The molecule has 0 bridgehead atoms. The second-order valence-corrected chi connectivity index (χ2v) is 7.02. The average molecular weight is 361 g/mol. The number of ketones is 2. The molecule has 0 saturated carbocycles. The first kappa shape index (κ1) is 17.1. The number of halogens is 3. The molecule has 0 spiro atoms. The number of dihydropyridines is 1. The summed E-state index contributed by atoms with van der Waals surface area (Å²) in [6.07, 6.45) is -0.639. The van der Waals surface area contributed by atoms with Crippen molar-refractivity contribution in [1.82, 2.24) is 5.32 Å². The first-order chi connectivity index (χ1) is 12.4. The van der Waals surface area contributed by atoms with Gasteiger partial charge in [0.15, 0.2) is 11.6 Å².